The van der Waals surface area contributed by atoms with Gasteiger partial charge in [-0.1, -0.05) is 25.6 Å². The second kappa shape index (κ2) is 6.66. The Labute approximate surface area is 111 Å². The number of carbonyl (C=O) groups excluding carboxylic acids is 1. The number of nitrogens with zero attached hydrogens (tertiary/aromatic N) is 1. The number of rotatable bonds is 6. The fraction of sp³-hybridized carbons (Fsp3) is 0.545. The first-order valence-electron chi connectivity index (χ1n) is 5.53. The van der Waals surface area contributed by atoms with Crippen molar-refractivity contribution in [3.8, 4) is 0 Å². The molecule has 0 saturated heterocycles. The van der Waals surface area contributed by atoms with Gasteiger partial charge < -0.3 is 11.1 Å². The van der Waals surface area contributed by atoms with Crippen LogP contribution in [0.5, 0.6) is 0 Å². The van der Waals surface area contributed by atoms with E-state index < -0.39 is 0 Å². The minimum Gasteiger partial charge on any atom is -0.393 e. The highest BCUT2D eigenvalue weighted by molar-refractivity contribution is 7.80. The predicted octanol–water partition coefficient (Wildman–Crippen LogP) is 1.77. The number of nitrogens with two attached hydrogens (primary N) is 1. The summed E-state index contributed by atoms with van der Waals surface area (Å²) in [5, 5.41) is 3.84. The molecule has 4 nitrogen and oxygen atoms in total. The summed E-state index contributed by atoms with van der Waals surface area (Å²) in [4.78, 5) is 17.3. The van der Waals surface area contributed by atoms with E-state index in [4.69, 9.17) is 18.0 Å². The van der Waals surface area contributed by atoms with E-state index in [-0.39, 0.29) is 16.8 Å². The zero-order valence-corrected chi connectivity index (χ0v) is 11.7. The van der Waals surface area contributed by atoms with E-state index in [2.05, 4.69) is 10.3 Å². The summed E-state index contributed by atoms with van der Waals surface area (Å²) in [6.07, 6.45) is 3.36. The normalized spacial score (nSPS) is 12.1. The van der Waals surface area contributed by atoms with Crippen LogP contribution < -0.4 is 11.1 Å². The van der Waals surface area contributed by atoms with Crippen LogP contribution in [0.1, 0.15) is 29.7 Å². The molecule has 0 fully saturated rings. The van der Waals surface area contributed by atoms with Gasteiger partial charge in [-0.15, -0.1) is 11.3 Å². The summed E-state index contributed by atoms with van der Waals surface area (Å²) in [5.41, 5.74) is 5.56. The Morgan fingerprint density at radius 3 is 2.88 bits per heavy atom. The van der Waals surface area contributed by atoms with Crippen LogP contribution in [0, 0.1) is 12.8 Å². The highest BCUT2D eigenvalue weighted by atomic mass is 32.1. The molecule has 0 saturated carbocycles. The van der Waals surface area contributed by atoms with Crippen LogP contribution in [0.2, 0.25) is 0 Å². The Bertz CT molecular complexity index is 403. The molecule has 1 aromatic heterocycles. The van der Waals surface area contributed by atoms with Crippen molar-refractivity contribution in [2.45, 2.75) is 33.2 Å². The number of aromatic nitrogens is 1. The van der Waals surface area contributed by atoms with Crippen molar-refractivity contribution in [1.82, 2.24) is 10.3 Å². The van der Waals surface area contributed by atoms with Gasteiger partial charge >= 0.3 is 0 Å². The minimum absolute atomic E-state index is 0.0922. The summed E-state index contributed by atoms with van der Waals surface area (Å²) in [6.45, 7) is 4.43. The Morgan fingerprint density at radius 1 is 1.71 bits per heavy atom. The fourth-order valence-corrected chi connectivity index (χ4v) is 2.44. The molecule has 1 amide bonds. The molecule has 1 unspecified atom stereocenters. The van der Waals surface area contributed by atoms with Crippen molar-refractivity contribution in [3.05, 3.63) is 16.1 Å². The van der Waals surface area contributed by atoms with Gasteiger partial charge in [0.15, 0.2) is 0 Å². The first kappa shape index (κ1) is 14.1. The van der Waals surface area contributed by atoms with E-state index in [9.17, 15) is 4.79 Å². The number of aryl methyl sites for hydroxylation is 1. The number of carbonyl (C=O) groups is 1. The third-order valence-electron chi connectivity index (χ3n) is 2.34. The molecule has 1 rings (SSSR count). The third kappa shape index (κ3) is 4.40. The molecule has 0 spiro atoms. The predicted molar refractivity (Wildman–Crippen MR) is 73.9 cm³/mol. The van der Waals surface area contributed by atoms with Crippen LogP contribution in [0.3, 0.4) is 0 Å². The second-order valence-electron chi connectivity index (χ2n) is 3.81. The van der Waals surface area contributed by atoms with E-state index in [1.807, 2.05) is 13.8 Å². The summed E-state index contributed by atoms with van der Waals surface area (Å²) < 4.78 is 0. The van der Waals surface area contributed by atoms with E-state index in [0.717, 1.165) is 16.3 Å². The monoisotopic (exact) mass is 271 g/mol. The molecule has 1 heterocycles. The number of hydrogen-bond donors (Lipinski definition) is 2. The third-order valence-corrected chi connectivity index (χ3v) is 3.54. The summed E-state index contributed by atoms with van der Waals surface area (Å²) in [5.74, 6) is -0.450. The minimum atomic E-state index is -0.357. The molecule has 1 aromatic rings. The molecule has 0 aliphatic heterocycles. The van der Waals surface area contributed by atoms with Crippen molar-refractivity contribution in [2.75, 3.05) is 0 Å². The van der Waals surface area contributed by atoms with Crippen LogP contribution in [-0.4, -0.2) is 15.9 Å². The van der Waals surface area contributed by atoms with E-state index in [1.54, 1.807) is 17.5 Å². The van der Waals surface area contributed by atoms with Gasteiger partial charge in [-0.2, -0.15) is 0 Å². The average Bonchev–Trinajstić information content (AvgIpc) is 2.68. The topological polar surface area (TPSA) is 68.0 Å². The zero-order chi connectivity index (χ0) is 12.8. The lowest BCUT2D eigenvalue weighted by Gasteiger charge is -2.13. The Balaban J connectivity index is 2.50. The largest absolute Gasteiger partial charge is 0.393 e. The summed E-state index contributed by atoms with van der Waals surface area (Å²) in [6, 6.07) is 0. The molecule has 0 radical (unpaired) electrons. The molecule has 0 bridgehead atoms. The molecule has 17 heavy (non-hydrogen) atoms. The van der Waals surface area contributed by atoms with Crippen molar-refractivity contribution in [1.29, 1.82) is 0 Å². The standard InChI is InChI=1S/C11H17N3OS2/c1-3-4-9(10(12)16)11(15)14-6-8-5-13-7(2)17-8/h5,9H,3-4,6H2,1-2H3,(H2,12,16)(H,14,15). The van der Waals surface area contributed by atoms with E-state index >= 15 is 0 Å². The Kier molecular flexibility index (Phi) is 5.50. The summed E-state index contributed by atoms with van der Waals surface area (Å²) in [7, 11) is 0. The smallest absolute Gasteiger partial charge is 0.230 e. The van der Waals surface area contributed by atoms with Crippen molar-refractivity contribution in [2.24, 2.45) is 11.7 Å². The first-order valence-corrected chi connectivity index (χ1v) is 6.75. The quantitative estimate of drug-likeness (QED) is 0.774. The maximum Gasteiger partial charge on any atom is 0.230 e. The number of amides is 1. The SMILES string of the molecule is CCCC(C(=O)NCc1cnc(C)s1)C(N)=S. The average molecular weight is 271 g/mol. The maximum atomic E-state index is 11.9. The highest BCUT2D eigenvalue weighted by Crippen LogP contribution is 2.12. The highest BCUT2D eigenvalue weighted by Gasteiger charge is 2.19. The van der Waals surface area contributed by atoms with Gasteiger partial charge in [0.25, 0.3) is 0 Å². The number of hydrogen-bond acceptors (Lipinski definition) is 4. The van der Waals surface area contributed by atoms with E-state index in [0.29, 0.717) is 13.0 Å². The van der Waals surface area contributed by atoms with Crippen LogP contribution >= 0.6 is 23.6 Å². The van der Waals surface area contributed by atoms with Gasteiger partial charge in [-0.3, -0.25) is 4.79 Å². The van der Waals surface area contributed by atoms with Gasteiger partial charge in [0, 0.05) is 11.1 Å². The molecule has 3 N–H and O–H groups in total. The number of nitrogens with one attached hydrogen (secondary N) is 1. The molecule has 6 heteroatoms. The fourth-order valence-electron chi connectivity index (χ4n) is 1.48. The van der Waals surface area contributed by atoms with Crippen molar-refractivity contribution < 1.29 is 4.79 Å². The van der Waals surface area contributed by atoms with E-state index in [1.165, 1.54) is 0 Å². The maximum absolute atomic E-state index is 11.9. The lowest BCUT2D eigenvalue weighted by atomic mass is 10.0. The van der Waals surface area contributed by atoms with Gasteiger partial charge in [-0.25, -0.2) is 4.98 Å². The van der Waals surface area contributed by atoms with Gasteiger partial charge in [0.1, 0.15) is 0 Å². The zero-order valence-electron chi connectivity index (χ0n) is 10.0. The van der Waals surface area contributed by atoms with Crippen molar-refractivity contribution >= 4 is 34.5 Å². The molecule has 0 aliphatic rings. The van der Waals surface area contributed by atoms with Crippen LogP contribution in [0.15, 0.2) is 6.20 Å². The Morgan fingerprint density at radius 2 is 2.41 bits per heavy atom. The molecular formula is C11H17N3OS2. The second-order valence-corrected chi connectivity index (χ2v) is 5.60. The van der Waals surface area contributed by atoms with Gasteiger partial charge in [0.05, 0.1) is 22.5 Å². The molecule has 0 aliphatic carbocycles. The molecular weight excluding hydrogens is 254 g/mol. The summed E-state index contributed by atoms with van der Waals surface area (Å²) >= 11 is 6.47. The molecule has 0 aromatic carbocycles. The lowest BCUT2D eigenvalue weighted by Crippen LogP contribution is -2.37. The molecule has 94 valence electrons. The van der Waals surface area contributed by atoms with Crippen molar-refractivity contribution in [3.63, 3.8) is 0 Å². The van der Waals surface area contributed by atoms with Crippen LogP contribution in [-0.2, 0) is 11.3 Å². The van der Waals surface area contributed by atoms with Gasteiger partial charge in [0.2, 0.25) is 5.91 Å². The van der Waals surface area contributed by atoms with Gasteiger partial charge in [-0.05, 0) is 13.3 Å². The first-order chi connectivity index (χ1) is 8.04. The number of thiocarbonyl (C=S) groups is 1. The lowest BCUT2D eigenvalue weighted by molar-refractivity contribution is -0.123. The van der Waals surface area contributed by atoms with Crippen LogP contribution in [0.4, 0.5) is 0 Å². The van der Waals surface area contributed by atoms with Crippen LogP contribution in [0.25, 0.3) is 0 Å². The molecule has 1 atom stereocenters. The number of thiazole rings is 1. The Hall–Kier alpha value is -1.01.